The molecule has 0 fully saturated rings. The molecule has 0 radical (unpaired) electrons. The van der Waals surface area contributed by atoms with E-state index in [4.69, 9.17) is 4.74 Å². The molecule has 0 saturated heterocycles. The molecular weight excluding hydrogens is 228 g/mol. The number of benzene rings is 1. The smallest absolute Gasteiger partial charge is 0.236 e. The van der Waals surface area contributed by atoms with E-state index in [1.165, 1.54) is 0 Å². The molecule has 1 N–H and O–H groups in total. The van der Waals surface area contributed by atoms with Gasteiger partial charge < -0.3 is 15.0 Å². The van der Waals surface area contributed by atoms with Gasteiger partial charge in [0.1, 0.15) is 0 Å². The van der Waals surface area contributed by atoms with Crippen LogP contribution in [0.15, 0.2) is 30.3 Å². The summed E-state index contributed by atoms with van der Waals surface area (Å²) in [6.45, 7) is 2.56. The van der Waals surface area contributed by atoms with Gasteiger partial charge in [0.2, 0.25) is 5.91 Å². The molecular formula is C14H22N2O2. The minimum atomic E-state index is 0.108. The summed E-state index contributed by atoms with van der Waals surface area (Å²) in [7, 11) is 3.50. The number of hydrogen-bond donors (Lipinski definition) is 1. The zero-order chi connectivity index (χ0) is 13.2. The molecule has 0 aromatic heterocycles. The summed E-state index contributed by atoms with van der Waals surface area (Å²) in [5, 5.41) is 3.12. The van der Waals surface area contributed by atoms with Gasteiger partial charge in [-0.25, -0.2) is 0 Å². The molecule has 100 valence electrons. The van der Waals surface area contributed by atoms with Crippen LogP contribution in [-0.2, 0) is 16.1 Å². The minimum Gasteiger partial charge on any atom is -0.385 e. The van der Waals surface area contributed by atoms with Crippen LogP contribution in [0.3, 0.4) is 0 Å². The summed E-state index contributed by atoms with van der Waals surface area (Å²) >= 11 is 0. The van der Waals surface area contributed by atoms with Crippen molar-refractivity contribution >= 4 is 5.91 Å². The lowest BCUT2D eigenvalue weighted by Gasteiger charge is -2.17. The maximum absolute atomic E-state index is 11.8. The summed E-state index contributed by atoms with van der Waals surface area (Å²) in [4.78, 5) is 13.5. The zero-order valence-corrected chi connectivity index (χ0v) is 11.2. The Balaban J connectivity index is 2.21. The second kappa shape index (κ2) is 8.66. The lowest BCUT2D eigenvalue weighted by Crippen LogP contribution is -2.35. The summed E-state index contributed by atoms with van der Waals surface area (Å²) in [6.07, 6.45) is 0.923. The lowest BCUT2D eigenvalue weighted by atomic mass is 10.2. The highest BCUT2D eigenvalue weighted by Gasteiger charge is 2.07. The second-order valence-corrected chi connectivity index (χ2v) is 4.26. The van der Waals surface area contributed by atoms with Crippen molar-refractivity contribution in [3.05, 3.63) is 35.9 Å². The number of amides is 1. The number of rotatable bonds is 8. The fraction of sp³-hybridized carbons (Fsp3) is 0.500. The van der Waals surface area contributed by atoms with E-state index in [0.717, 1.165) is 25.1 Å². The Bertz CT molecular complexity index is 341. The molecule has 1 amide bonds. The van der Waals surface area contributed by atoms with Gasteiger partial charge in [0, 0.05) is 27.3 Å². The van der Waals surface area contributed by atoms with E-state index >= 15 is 0 Å². The number of hydrogen-bond acceptors (Lipinski definition) is 3. The number of methoxy groups -OCH3 is 1. The molecule has 0 atom stereocenters. The van der Waals surface area contributed by atoms with Crippen molar-refractivity contribution < 1.29 is 9.53 Å². The van der Waals surface area contributed by atoms with E-state index in [9.17, 15) is 4.79 Å². The molecule has 0 aliphatic heterocycles. The number of nitrogens with zero attached hydrogens (tertiary/aromatic N) is 1. The Morgan fingerprint density at radius 3 is 2.72 bits per heavy atom. The van der Waals surface area contributed by atoms with Crippen LogP contribution in [0.25, 0.3) is 0 Å². The van der Waals surface area contributed by atoms with Gasteiger partial charge in [0.15, 0.2) is 0 Å². The van der Waals surface area contributed by atoms with E-state index in [1.54, 1.807) is 12.0 Å². The number of ether oxygens (including phenoxy) is 1. The average Bonchev–Trinajstić information content (AvgIpc) is 2.39. The predicted molar refractivity (Wildman–Crippen MR) is 72.3 cm³/mol. The van der Waals surface area contributed by atoms with Crippen molar-refractivity contribution in [2.75, 3.05) is 33.9 Å². The molecule has 0 saturated carbocycles. The van der Waals surface area contributed by atoms with E-state index in [1.807, 2.05) is 37.4 Å². The predicted octanol–water partition coefficient (Wildman–Crippen LogP) is 1.27. The van der Waals surface area contributed by atoms with Gasteiger partial charge in [-0.15, -0.1) is 0 Å². The molecule has 1 aromatic carbocycles. The highest BCUT2D eigenvalue weighted by atomic mass is 16.5. The molecule has 0 heterocycles. The normalized spacial score (nSPS) is 10.3. The first-order chi connectivity index (χ1) is 8.74. The minimum absolute atomic E-state index is 0.108. The van der Waals surface area contributed by atoms with Crippen LogP contribution in [0.5, 0.6) is 0 Å². The fourth-order valence-electron chi connectivity index (χ4n) is 1.62. The van der Waals surface area contributed by atoms with E-state index < -0.39 is 0 Å². The summed E-state index contributed by atoms with van der Waals surface area (Å²) in [5.74, 6) is 0.108. The largest absolute Gasteiger partial charge is 0.385 e. The van der Waals surface area contributed by atoms with Gasteiger partial charge in [-0.3, -0.25) is 4.79 Å². The quantitative estimate of drug-likeness (QED) is 0.707. The van der Waals surface area contributed by atoms with Crippen LogP contribution in [0.4, 0.5) is 0 Å². The number of nitrogens with one attached hydrogen (secondary N) is 1. The van der Waals surface area contributed by atoms with Crippen molar-refractivity contribution in [1.82, 2.24) is 10.2 Å². The Morgan fingerprint density at radius 2 is 2.06 bits per heavy atom. The third-order valence-electron chi connectivity index (χ3n) is 2.67. The molecule has 0 spiro atoms. The Morgan fingerprint density at radius 1 is 1.33 bits per heavy atom. The van der Waals surface area contributed by atoms with Crippen LogP contribution < -0.4 is 5.32 Å². The van der Waals surface area contributed by atoms with Crippen molar-refractivity contribution in [2.24, 2.45) is 0 Å². The Labute approximate surface area is 109 Å². The number of carbonyl (C=O) groups excluding carboxylic acids is 1. The van der Waals surface area contributed by atoms with E-state index in [2.05, 4.69) is 5.32 Å². The number of likely N-dealkylation sites (N-methyl/N-ethyl adjacent to an activating group) is 1. The van der Waals surface area contributed by atoms with E-state index in [-0.39, 0.29) is 5.91 Å². The molecule has 1 aromatic rings. The van der Waals surface area contributed by atoms with Crippen LogP contribution in [0.1, 0.15) is 12.0 Å². The summed E-state index contributed by atoms with van der Waals surface area (Å²) in [6, 6.07) is 9.99. The highest BCUT2D eigenvalue weighted by molar-refractivity contribution is 5.77. The summed E-state index contributed by atoms with van der Waals surface area (Å²) < 4.78 is 4.94. The topological polar surface area (TPSA) is 41.6 Å². The Hall–Kier alpha value is -1.39. The van der Waals surface area contributed by atoms with Crippen molar-refractivity contribution in [2.45, 2.75) is 13.0 Å². The monoisotopic (exact) mass is 250 g/mol. The lowest BCUT2D eigenvalue weighted by molar-refractivity contribution is -0.129. The Kier molecular flexibility index (Phi) is 7.06. The molecule has 0 bridgehead atoms. The molecule has 0 aliphatic rings. The van der Waals surface area contributed by atoms with Gasteiger partial charge >= 0.3 is 0 Å². The molecule has 4 nitrogen and oxygen atoms in total. The van der Waals surface area contributed by atoms with Gasteiger partial charge in [0.25, 0.3) is 0 Å². The van der Waals surface area contributed by atoms with Crippen LogP contribution in [0.2, 0.25) is 0 Å². The number of carbonyl (C=O) groups is 1. The van der Waals surface area contributed by atoms with Gasteiger partial charge in [-0.2, -0.15) is 0 Å². The first-order valence-corrected chi connectivity index (χ1v) is 6.21. The van der Waals surface area contributed by atoms with Crippen molar-refractivity contribution in [3.8, 4) is 0 Å². The molecule has 0 aliphatic carbocycles. The molecule has 0 unspecified atom stereocenters. The maximum atomic E-state index is 11.8. The third-order valence-corrected chi connectivity index (χ3v) is 2.67. The fourth-order valence-corrected chi connectivity index (χ4v) is 1.62. The van der Waals surface area contributed by atoms with Crippen molar-refractivity contribution in [3.63, 3.8) is 0 Å². The maximum Gasteiger partial charge on any atom is 0.236 e. The molecule has 18 heavy (non-hydrogen) atoms. The zero-order valence-electron chi connectivity index (χ0n) is 11.2. The van der Waals surface area contributed by atoms with Gasteiger partial charge in [-0.1, -0.05) is 30.3 Å². The van der Waals surface area contributed by atoms with Crippen LogP contribution in [-0.4, -0.2) is 44.7 Å². The first kappa shape index (κ1) is 14.7. The molecule has 4 heteroatoms. The average molecular weight is 250 g/mol. The van der Waals surface area contributed by atoms with Crippen LogP contribution >= 0.6 is 0 Å². The van der Waals surface area contributed by atoms with Gasteiger partial charge in [-0.05, 0) is 18.5 Å². The van der Waals surface area contributed by atoms with Crippen LogP contribution in [0, 0.1) is 0 Å². The third kappa shape index (κ3) is 5.80. The standard InChI is InChI=1S/C14H22N2O2/c1-16(12-13-7-4-3-5-8-13)14(17)11-15-9-6-10-18-2/h3-5,7-8,15H,6,9-12H2,1-2H3. The SMILES string of the molecule is COCCCNCC(=O)N(C)Cc1ccccc1. The summed E-state index contributed by atoms with van der Waals surface area (Å²) in [5.41, 5.74) is 1.15. The highest BCUT2D eigenvalue weighted by Crippen LogP contribution is 2.02. The van der Waals surface area contributed by atoms with Crippen molar-refractivity contribution in [1.29, 1.82) is 0 Å². The van der Waals surface area contributed by atoms with Gasteiger partial charge in [0.05, 0.1) is 6.54 Å². The van der Waals surface area contributed by atoms with E-state index in [0.29, 0.717) is 13.1 Å². The second-order valence-electron chi connectivity index (χ2n) is 4.26. The first-order valence-electron chi connectivity index (χ1n) is 6.21. The molecule has 1 rings (SSSR count).